The van der Waals surface area contributed by atoms with Crippen LogP contribution in [0.5, 0.6) is 0 Å². The highest BCUT2D eigenvalue weighted by atomic mass is 14.9. The monoisotopic (exact) mass is 282 g/mol. The van der Waals surface area contributed by atoms with Gasteiger partial charge in [-0.05, 0) is 87.9 Å². The van der Waals surface area contributed by atoms with E-state index in [4.69, 9.17) is 0 Å². The van der Waals surface area contributed by atoms with Crippen molar-refractivity contribution in [1.29, 1.82) is 0 Å². The number of hydrogen-bond acceptors (Lipinski definition) is 0. The van der Waals surface area contributed by atoms with Crippen molar-refractivity contribution in [2.45, 2.75) is 54.9 Å². The minimum atomic E-state index is 1.02. The normalized spacial score (nSPS) is 11.0. The molecule has 0 spiro atoms. The van der Waals surface area contributed by atoms with Crippen LogP contribution in [0.15, 0.2) is 12.3 Å². The lowest BCUT2D eigenvalue weighted by Gasteiger charge is -2.18. The topological polar surface area (TPSA) is 3.88 Å². The third kappa shape index (κ3) is 2.74. The fraction of sp³-hybridized carbons (Fsp3) is 0.450. The number of rotatable bonds is 2. The largest absolute Gasteiger partial charge is 0.204 e. The van der Waals surface area contributed by atoms with Crippen LogP contribution in [0.4, 0.5) is 0 Å². The average Bonchev–Trinajstić information content (AvgIpc) is 2.41. The number of benzene rings is 1. The fourth-order valence-corrected chi connectivity index (χ4v) is 3.40. The number of pyridine rings is 1. The van der Waals surface area contributed by atoms with Crippen molar-refractivity contribution in [3.05, 3.63) is 62.5 Å². The van der Waals surface area contributed by atoms with Crippen LogP contribution in [0.3, 0.4) is 0 Å². The summed E-state index contributed by atoms with van der Waals surface area (Å²) in [5, 5.41) is 0. The van der Waals surface area contributed by atoms with Gasteiger partial charge in [-0.3, -0.25) is 0 Å². The minimum Gasteiger partial charge on any atom is -0.204 e. The lowest BCUT2D eigenvalue weighted by Crippen LogP contribution is -2.35. The van der Waals surface area contributed by atoms with Gasteiger partial charge in [0.2, 0.25) is 0 Å². The van der Waals surface area contributed by atoms with E-state index in [0.29, 0.717) is 0 Å². The molecule has 0 radical (unpaired) electrons. The zero-order valence-corrected chi connectivity index (χ0v) is 14.8. The third-order valence-corrected chi connectivity index (χ3v) is 5.22. The van der Waals surface area contributed by atoms with Crippen LogP contribution in [0.2, 0.25) is 0 Å². The molecule has 1 aromatic heterocycles. The van der Waals surface area contributed by atoms with Crippen molar-refractivity contribution in [2.75, 3.05) is 0 Å². The predicted octanol–water partition coefficient (Wildman–Crippen LogP) is 4.26. The molecular weight excluding hydrogens is 254 g/mol. The Labute approximate surface area is 129 Å². The van der Waals surface area contributed by atoms with E-state index < -0.39 is 0 Å². The maximum Gasteiger partial charge on any atom is 0.188 e. The average molecular weight is 282 g/mol. The first-order chi connectivity index (χ1) is 9.73. The van der Waals surface area contributed by atoms with E-state index in [-0.39, 0.29) is 0 Å². The van der Waals surface area contributed by atoms with Crippen LogP contribution in [-0.4, -0.2) is 0 Å². The molecule has 2 rings (SSSR count). The molecule has 0 bridgehead atoms. The van der Waals surface area contributed by atoms with Crippen molar-refractivity contribution < 1.29 is 4.57 Å². The Bertz CT molecular complexity index is 656. The van der Waals surface area contributed by atoms with Gasteiger partial charge in [0.1, 0.15) is 7.05 Å². The number of aryl methyl sites for hydroxylation is 3. The van der Waals surface area contributed by atoms with Gasteiger partial charge in [-0.15, -0.1) is 0 Å². The van der Waals surface area contributed by atoms with Crippen molar-refractivity contribution in [3.63, 3.8) is 0 Å². The van der Waals surface area contributed by atoms with Gasteiger partial charge in [-0.25, -0.2) is 4.57 Å². The fourth-order valence-electron chi connectivity index (χ4n) is 3.40. The molecule has 112 valence electrons. The third-order valence-electron chi connectivity index (χ3n) is 5.22. The van der Waals surface area contributed by atoms with Crippen LogP contribution in [0.1, 0.15) is 50.2 Å². The van der Waals surface area contributed by atoms with E-state index >= 15 is 0 Å². The number of hydrogen-bond donors (Lipinski definition) is 0. The summed E-state index contributed by atoms with van der Waals surface area (Å²) in [6, 6.07) is 2.29. The molecular formula is C20H28N+. The number of aromatic nitrogens is 1. The maximum atomic E-state index is 2.29. The van der Waals surface area contributed by atoms with E-state index in [1.54, 1.807) is 0 Å². The molecule has 0 saturated carbocycles. The van der Waals surface area contributed by atoms with Crippen LogP contribution < -0.4 is 4.57 Å². The molecule has 0 saturated heterocycles. The predicted molar refractivity (Wildman–Crippen MR) is 90.0 cm³/mol. The summed E-state index contributed by atoms with van der Waals surface area (Å²) in [4.78, 5) is 0. The molecule has 1 heterocycles. The molecule has 0 aliphatic carbocycles. The zero-order valence-electron chi connectivity index (χ0n) is 14.8. The Kier molecular flexibility index (Phi) is 4.22. The van der Waals surface area contributed by atoms with Crippen LogP contribution in [-0.2, 0) is 13.5 Å². The van der Waals surface area contributed by atoms with E-state index in [1.165, 1.54) is 50.2 Å². The molecule has 0 N–H and O–H groups in total. The second kappa shape index (κ2) is 5.63. The summed E-state index contributed by atoms with van der Waals surface area (Å²) in [5.41, 5.74) is 12.9. The Morgan fingerprint density at radius 3 is 1.71 bits per heavy atom. The molecule has 1 aromatic carbocycles. The molecule has 2 aromatic rings. The van der Waals surface area contributed by atoms with Gasteiger partial charge < -0.3 is 0 Å². The first kappa shape index (κ1) is 15.8. The molecule has 0 amide bonds. The second-order valence-electron chi connectivity index (χ2n) is 6.54. The Morgan fingerprint density at radius 1 is 0.762 bits per heavy atom. The molecule has 0 fully saturated rings. The highest BCUT2D eigenvalue weighted by Crippen LogP contribution is 2.27. The van der Waals surface area contributed by atoms with E-state index in [1.807, 2.05) is 0 Å². The summed E-state index contributed by atoms with van der Waals surface area (Å²) < 4.78 is 2.29. The summed E-state index contributed by atoms with van der Waals surface area (Å²) in [5.74, 6) is 0. The smallest absolute Gasteiger partial charge is 0.188 e. The molecule has 21 heavy (non-hydrogen) atoms. The van der Waals surface area contributed by atoms with Crippen LogP contribution in [0, 0.1) is 48.5 Å². The van der Waals surface area contributed by atoms with Crippen LogP contribution >= 0.6 is 0 Å². The van der Waals surface area contributed by atoms with Gasteiger partial charge in [0.15, 0.2) is 11.9 Å². The molecule has 1 heteroatoms. The van der Waals surface area contributed by atoms with Crippen molar-refractivity contribution in [3.8, 4) is 0 Å². The molecule has 0 aliphatic heterocycles. The molecule has 0 aliphatic rings. The summed E-state index contributed by atoms with van der Waals surface area (Å²) in [6.07, 6.45) is 3.24. The van der Waals surface area contributed by atoms with Gasteiger partial charge in [-0.1, -0.05) is 0 Å². The summed E-state index contributed by atoms with van der Waals surface area (Å²) in [6.45, 7) is 15.7. The standard InChI is InChI=1S/C20H28N/c1-12-9-13(2)20(21(8)11-12)10-19-17(6)15(4)14(3)16(5)18(19)7/h9,11H,10H2,1-8H3/q+1. The van der Waals surface area contributed by atoms with Crippen molar-refractivity contribution in [1.82, 2.24) is 0 Å². The lowest BCUT2D eigenvalue weighted by atomic mass is 9.87. The van der Waals surface area contributed by atoms with E-state index in [2.05, 4.69) is 72.3 Å². The highest BCUT2D eigenvalue weighted by molar-refractivity contribution is 5.50. The van der Waals surface area contributed by atoms with Gasteiger partial charge in [-0.2, -0.15) is 0 Å². The van der Waals surface area contributed by atoms with Gasteiger partial charge >= 0.3 is 0 Å². The van der Waals surface area contributed by atoms with E-state index in [9.17, 15) is 0 Å². The summed E-state index contributed by atoms with van der Waals surface area (Å²) >= 11 is 0. The Hall–Kier alpha value is -1.63. The van der Waals surface area contributed by atoms with Gasteiger partial charge in [0.05, 0.1) is 6.42 Å². The van der Waals surface area contributed by atoms with Gasteiger partial charge in [0.25, 0.3) is 0 Å². The first-order valence-corrected chi connectivity index (χ1v) is 7.75. The minimum absolute atomic E-state index is 1.02. The zero-order chi connectivity index (χ0) is 15.9. The van der Waals surface area contributed by atoms with Crippen LogP contribution in [0.25, 0.3) is 0 Å². The Morgan fingerprint density at radius 2 is 1.24 bits per heavy atom. The SMILES string of the molecule is Cc1cc(C)c(Cc2c(C)c(C)c(C)c(C)c2C)[n+](C)c1. The first-order valence-electron chi connectivity index (χ1n) is 7.75. The van der Waals surface area contributed by atoms with E-state index in [0.717, 1.165) is 6.42 Å². The Balaban J connectivity index is 2.61. The van der Waals surface area contributed by atoms with Gasteiger partial charge in [0, 0.05) is 11.1 Å². The molecule has 0 atom stereocenters. The quantitative estimate of drug-likeness (QED) is 0.725. The molecule has 1 nitrogen and oxygen atoms in total. The maximum absolute atomic E-state index is 2.29. The van der Waals surface area contributed by atoms with Crippen molar-refractivity contribution in [2.24, 2.45) is 7.05 Å². The second-order valence-corrected chi connectivity index (χ2v) is 6.54. The van der Waals surface area contributed by atoms with Crippen molar-refractivity contribution >= 4 is 0 Å². The highest BCUT2D eigenvalue weighted by Gasteiger charge is 2.18. The lowest BCUT2D eigenvalue weighted by molar-refractivity contribution is -0.679. The molecule has 0 unspecified atom stereocenters. The number of nitrogens with zero attached hydrogens (tertiary/aromatic N) is 1. The summed E-state index contributed by atoms with van der Waals surface area (Å²) in [7, 11) is 2.16.